The van der Waals surface area contributed by atoms with Crippen LogP contribution in [-0.2, 0) is 20.0 Å². The van der Waals surface area contributed by atoms with E-state index >= 15 is 0 Å². The van der Waals surface area contributed by atoms with Crippen molar-refractivity contribution in [2.24, 2.45) is 0 Å². The SMILES string of the molecule is Cc1cccc(-c2cccc3c2C=C2[CH]3[Hf]([CH3])([CH3])[CH]3C(=Cc4c(-c5cccc(C)c5C)cccc43)[Si]2(C)C)c1C. The molecular formula is C38H40HfSi. The molecule has 1 heterocycles. The number of fused-ring (bicyclic) bond motifs is 6. The summed E-state index contributed by atoms with van der Waals surface area (Å²) in [4.78, 5) is 0. The Balaban J connectivity index is 1.44. The maximum atomic E-state index is 2.77. The van der Waals surface area contributed by atoms with Gasteiger partial charge in [-0.15, -0.1) is 0 Å². The Kier molecular flexibility index (Phi) is 5.91. The van der Waals surface area contributed by atoms with E-state index in [1.165, 1.54) is 55.6 Å². The second-order valence-electron chi connectivity index (χ2n) is 13.6. The summed E-state index contributed by atoms with van der Waals surface area (Å²) < 4.78 is 6.89. The van der Waals surface area contributed by atoms with Gasteiger partial charge in [0.25, 0.3) is 0 Å². The second kappa shape index (κ2) is 8.97. The first-order chi connectivity index (χ1) is 19.0. The van der Waals surface area contributed by atoms with E-state index in [0.717, 1.165) is 0 Å². The number of benzene rings is 4. The van der Waals surface area contributed by atoms with E-state index in [1.807, 2.05) is 10.4 Å². The fourth-order valence-corrected chi connectivity index (χ4v) is 40.5. The van der Waals surface area contributed by atoms with Crippen LogP contribution < -0.4 is 0 Å². The van der Waals surface area contributed by atoms with Gasteiger partial charge in [-0.1, -0.05) is 0 Å². The predicted octanol–water partition coefficient (Wildman–Crippen LogP) is 10.9. The quantitative estimate of drug-likeness (QED) is 0.182. The van der Waals surface area contributed by atoms with E-state index in [4.69, 9.17) is 0 Å². The monoisotopic (exact) mass is 704 g/mol. The minimum absolute atomic E-state index is 0.673. The van der Waals surface area contributed by atoms with Gasteiger partial charge in [0, 0.05) is 0 Å². The van der Waals surface area contributed by atoms with Crippen molar-refractivity contribution in [1.82, 2.24) is 0 Å². The Labute approximate surface area is 246 Å². The molecule has 2 aliphatic carbocycles. The summed E-state index contributed by atoms with van der Waals surface area (Å²) in [5, 5.41) is 3.63. The van der Waals surface area contributed by atoms with Crippen molar-refractivity contribution in [1.29, 1.82) is 0 Å². The van der Waals surface area contributed by atoms with E-state index in [9.17, 15) is 0 Å². The molecule has 1 fully saturated rings. The van der Waals surface area contributed by atoms with Gasteiger partial charge in [-0.2, -0.15) is 0 Å². The second-order valence-corrected chi connectivity index (χ2v) is 35.3. The third kappa shape index (κ3) is 3.51. The summed E-state index contributed by atoms with van der Waals surface area (Å²) in [5.41, 5.74) is 17.6. The molecule has 4 aromatic rings. The standard InChI is InChI=1S/C36H34Si.2CH3.Hf/c1-23-11-7-15-31(25(23)3)33-17-9-13-27-19-29(21-35(27)33)37(5,6)30-20-28-14-10-18-34(36(28)22-30)32-16-8-12-24(2)26(32)4;;;/h7-22H,1-6H3;2*1H3;. The van der Waals surface area contributed by atoms with Gasteiger partial charge in [-0.3, -0.25) is 0 Å². The molecule has 0 N–H and O–H groups in total. The van der Waals surface area contributed by atoms with Crippen LogP contribution in [-0.4, -0.2) is 8.07 Å². The fourth-order valence-electron chi connectivity index (χ4n) is 8.38. The molecule has 2 unspecified atom stereocenters. The van der Waals surface area contributed by atoms with Crippen LogP contribution in [0.5, 0.6) is 0 Å². The number of hydrogen-bond acceptors (Lipinski definition) is 0. The molecule has 7 rings (SSSR count). The summed E-state index contributed by atoms with van der Waals surface area (Å²) in [7, 11) is -1.85. The van der Waals surface area contributed by atoms with Gasteiger partial charge in [-0.05, 0) is 0 Å². The molecule has 200 valence electrons. The molecule has 0 amide bonds. The third-order valence-electron chi connectivity index (χ3n) is 10.8. The summed E-state index contributed by atoms with van der Waals surface area (Å²) >= 11 is -2.99. The minimum atomic E-state index is -2.99. The average Bonchev–Trinajstić information content (AvgIpc) is 3.53. The summed E-state index contributed by atoms with van der Waals surface area (Å²) in [6, 6.07) is 28.0. The zero-order valence-electron chi connectivity index (χ0n) is 25.2. The van der Waals surface area contributed by atoms with Crippen LogP contribution in [0, 0.1) is 27.7 Å². The molecule has 3 aliphatic rings. The van der Waals surface area contributed by atoms with Crippen molar-refractivity contribution in [3.8, 4) is 22.3 Å². The molecule has 0 spiro atoms. The van der Waals surface area contributed by atoms with E-state index < -0.39 is 28.0 Å². The normalized spacial score (nSPS) is 21.2. The van der Waals surface area contributed by atoms with Crippen LogP contribution in [0.3, 0.4) is 0 Å². The van der Waals surface area contributed by atoms with Crippen LogP contribution >= 0.6 is 0 Å². The Morgan fingerprint density at radius 3 is 1.32 bits per heavy atom. The van der Waals surface area contributed by atoms with Gasteiger partial charge < -0.3 is 0 Å². The van der Waals surface area contributed by atoms with E-state index in [0.29, 0.717) is 7.35 Å². The van der Waals surface area contributed by atoms with Crippen molar-refractivity contribution in [2.45, 2.75) is 57.5 Å². The third-order valence-corrected chi connectivity index (χ3v) is 31.8. The number of aryl methyl sites for hydroxylation is 2. The molecule has 40 heavy (non-hydrogen) atoms. The van der Waals surface area contributed by atoms with Crippen molar-refractivity contribution in [3.05, 3.63) is 128 Å². The summed E-state index contributed by atoms with van der Waals surface area (Å²) in [6.45, 7) is 14.4. The van der Waals surface area contributed by atoms with Gasteiger partial charge >= 0.3 is 248 Å². The van der Waals surface area contributed by atoms with Crippen LogP contribution in [0.4, 0.5) is 0 Å². The Morgan fingerprint density at radius 2 is 0.900 bits per heavy atom. The number of hydrogen-bond donors (Lipinski definition) is 0. The fraction of sp³-hybridized carbons (Fsp3) is 0.263. The summed E-state index contributed by atoms with van der Waals surface area (Å²) in [5.74, 6) is 0. The maximum absolute atomic E-state index is 2.99. The molecular weight excluding hydrogens is 663 g/mol. The van der Waals surface area contributed by atoms with Crippen LogP contribution in [0.25, 0.3) is 34.4 Å². The van der Waals surface area contributed by atoms with Gasteiger partial charge in [0.15, 0.2) is 0 Å². The Bertz CT molecular complexity index is 1670. The van der Waals surface area contributed by atoms with E-state index in [-0.39, 0.29) is 0 Å². The van der Waals surface area contributed by atoms with Crippen molar-refractivity contribution >= 4 is 20.2 Å². The van der Waals surface area contributed by atoms with E-state index in [2.05, 4.69) is 135 Å². The first kappa shape index (κ1) is 26.4. The van der Waals surface area contributed by atoms with Gasteiger partial charge in [0.1, 0.15) is 0 Å². The Morgan fingerprint density at radius 1 is 0.525 bits per heavy atom. The van der Waals surface area contributed by atoms with Crippen molar-refractivity contribution < 1.29 is 20.0 Å². The molecule has 0 aromatic heterocycles. The summed E-state index contributed by atoms with van der Waals surface area (Å²) in [6.07, 6.45) is 5.38. The first-order valence-electron chi connectivity index (χ1n) is 14.9. The van der Waals surface area contributed by atoms with Crippen LogP contribution in [0.2, 0.25) is 22.5 Å². The average molecular weight is 703 g/mol. The molecule has 0 bridgehead atoms. The molecule has 4 aromatic carbocycles. The van der Waals surface area contributed by atoms with Crippen LogP contribution in [0.15, 0.2) is 83.2 Å². The zero-order chi connectivity index (χ0) is 28.1. The molecule has 2 heteroatoms. The topological polar surface area (TPSA) is 0 Å². The van der Waals surface area contributed by atoms with Gasteiger partial charge in [-0.25, -0.2) is 0 Å². The molecule has 2 atom stereocenters. The zero-order valence-corrected chi connectivity index (χ0v) is 29.8. The molecule has 0 saturated carbocycles. The van der Waals surface area contributed by atoms with Gasteiger partial charge in [0.2, 0.25) is 0 Å². The molecule has 0 radical (unpaired) electrons. The predicted molar refractivity (Wildman–Crippen MR) is 173 cm³/mol. The number of allylic oxidation sites excluding steroid dienone is 2. The van der Waals surface area contributed by atoms with Crippen LogP contribution in [0.1, 0.15) is 51.9 Å². The Hall–Kier alpha value is -2.55. The molecule has 1 saturated heterocycles. The van der Waals surface area contributed by atoms with E-state index in [1.54, 1.807) is 11.1 Å². The first-order valence-corrected chi connectivity index (χ1v) is 29.2. The molecule has 0 nitrogen and oxygen atoms in total. The van der Waals surface area contributed by atoms with Crippen molar-refractivity contribution in [3.63, 3.8) is 0 Å². The number of rotatable bonds is 2. The van der Waals surface area contributed by atoms with Gasteiger partial charge in [0.05, 0.1) is 0 Å². The molecule has 1 aliphatic heterocycles. The van der Waals surface area contributed by atoms with Crippen molar-refractivity contribution in [2.75, 3.05) is 0 Å².